The second kappa shape index (κ2) is 5.89. The summed E-state index contributed by atoms with van der Waals surface area (Å²) < 4.78 is 0. The number of ketones is 1. The van der Waals surface area contributed by atoms with Gasteiger partial charge in [0.2, 0.25) is 0 Å². The maximum Gasteiger partial charge on any atom is 0.169 e. The van der Waals surface area contributed by atoms with Crippen molar-refractivity contribution in [2.45, 2.75) is 19.8 Å². The molecular formula is C14H16N2OS. The molecule has 0 aliphatic rings. The molecule has 0 aliphatic heterocycles. The van der Waals surface area contributed by atoms with E-state index in [0.717, 1.165) is 28.2 Å². The van der Waals surface area contributed by atoms with Crippen LogP contribution in [0.15, 0.2) is 29.6 Å². The second-order valence-corrected chi connectivity index (χ2v) is 5.22. The predicted molar refractivity (Wildman–Crippen MR) is 74.1 cm³/mol. The van der Waals surface area contributed by atoms with Crippen molar-refractivity contribution in [2.75, 3.05) is 6.54 Å². The van der Waals surface area contributed by atoms with Crippen molar-refractivity contribution < 1.29 is 4.79 Å². The summed E-state index contributed by atoms with van der Waals surface area (Å²) in [5.74, 6) is 0.115. The van der Waals surface area contributed by atoms with Crippen molar-refractivity contribution in [2.24, 2.45) is 5.73 Å². The number of nitrogens with two attached hydrogens (primary N) is 1. The molecule has 0 radical (unpaired) electrons. The normalized spacial score (nSPS) is 10.6. The molecule has 3 nitrogen and oxygen atoms in total. The lowest BCUT2D eigenvalue weighted by Gasteiger charge is -2.06. The lowest BCUT2D eigenvalue weighted by atomic mass is 9.99. The highest BCUT2D eigenvalue weighted by molar-refractivity contribution is 7.09. The van der Waals surface area contributed by atoms with Crippen LogP contribution in [-0.4, -0.2) is 17.3 Å². The van der Waals surface area contributed by atoms with Crippen molar-refractivity contribution >= 4 is 17.1 Å². The number of carbonyl (C=O) groups excluding carboxylic acids is 1. The number of rotatable bonds is 5. The Bertz CT molecular complexity index is 548. The van der Waals surface area contributed by atoms with E-state index < -0.39 is 0 Å². The van der Waals surface area contributed by atoms with Crippen LogP contribution in [0, 0.1) is 6.92 Å². The third-order valence-electron chi connectivity index (χ3n) is 2.74. The first-order valence-corrected chi connectivity index (χ1v) is 6.81. The van der Waals surface area contributed by atoms with Crippen LogP contribution >= 0.6 is 11.3 Å². The van der Waals surface area contributed by atoms with Crippen LogP contribution in [0.25, 0.3) is 0 Å². The lowest BCUT2D eigenvalue weighted by molar-refractivity contribution is 0.0991. The van der Waals surface area contributed by atoms with Gasteiger partial charge < -0.3 is 5.73 Å². The minimum atomic E-state index is 0.115. The number of aryl methyl sites for hydroxylation is 1. The summed E-state index contributed by atoms with van der Waals surface area (Å²) in [4.78, 5) is 16.6. The van der Waals surface area contributed by atoms with Gasteiger partial charge in [0.05, 0.1) is 17.1 Å². The van der Waals surface area contributed by atoms with Gasteiger partial charge in [-0.05, 0) is 25.5 Å². The van der Waals surface area contributed by atoms with Crippen molar-refractivity contribution in [1.82, 2.24) is 4.98 Å². The molecule has 2 aromatic rings. The van der Waals surface area contributed by atoms with Crippen molar-refractivity contribution in [1.29, 1.82) is 0 Å². The van der Waals surface area contributed by atoms with Crippen molar-refractivity contribution in [3.8, 4) is 0 Å². The van der Waals surface area contributed by atoms with Crippen LogP contribution in [-0.2, 0) is 12.8 Å². The minimum Gasteiger partial charge on any atom is -0.330 e. The van der Waals surface area contributed by atoms with Gasteiger partial charge in [-0.1, -0.05) is 24.3 Å². The summed E-state index contributed by atoms with van der Waals surface area (Å²) in [6.45, 7) is 2.50. The second-order valence-electron chi connectivity index (χ2n) is 4.15. The zero-order chi connectivity index (χ0) is 13.0. The summed E-state index contributed by atoms with van der Waals surface area (Å²) >= 11 is 1.57. The van der Waals surface area contributed by atoms with Gasteiger partial charge in [0.25, 0.3) is 0 Å². The number of nitrogens with zero attached hydrogens (tertiary/aromatic N) is 1. The fourth-order valence-corrected chi connectivity index (χ4v) is 2.53. The molecule has 94 valence electrons. The molecule has 0 saturated heterocycles. The van der Waals surface area contributed by atoms with Crippen LogP contribution in [0.3, 0.4) is 0 Å². The van der Waals surface area contributed by atoms with E-state index in [0.29, 0.717) is 13.0 Å². The van der Waals surface area contributed by atoms with Crippen LogP contribution in [0.4, 0.5) is 0 Å². The van der Waals surface area contributed by atoms with Crippen LogP contribution in [0.1, 0.15) is 26.6 Å². The van der Waals surface area contributed by atoms with Gasteiger partial charge in [-0.25, -0.2) is 4.98 Å². The van der Waals surface area contributed by atoms with Gasteiger partial charge >= 0.3 is 0 Å². The highest BCUT2D eigenvalue weighted by Crippen LogP contribution is 2.15. The van der Waals surface area contributed by atoms with Gasteiger partial charge in [-0.2, -0.15) is 0 Å². The number of thiazole rings is 1. The van der Waals surface area contributed by atoms with Crippen LogP contribution in [0.5, 0.6) is 0 Å². The van der Waals surface area contributed by atoms with Crippen LogP contribution in [0.2, 0.25) is 0 Å². The topological polar surface area (TPSA) is 56.0 Å². The van der Waals surface area contributed by atoms with Gasteiger partial charge in [0.15, 0.2) is 5.78 Å². The van der Waals surface area contributed by atoms with E-state index in [1.807, 2.05) is 36.6 Å². The average molecular weight is 260 g/mol. The average Bonchev–Trinajstić information content (AvgIpc) is 2.76. The molecule has 0 fully saturated rings. The third kappa shape index (κ3) is 3.03. The van der Waals surface area contributed by atoms with Gasteiger partial charge in [0, 0.05) is 10.9 Å². The molecule has 18 heavy (non-hydrogen) atoms. The highest BCUT2D eigenvalue weighted by atomic mass is 32.1. The molecule has 0 bridgehead atoms. The van der Waals surface area contributed by atoms with Gasteiger partial charge in [-0.3, -0.25) is 4.79 Å². The molecule has 1 aromatic carbocycles. The lowest BCUT2D eigenvalue weighted by Crippen LogP contribution is -2.11. The minimum absolute atomic E-state index is 0.115. The standard InChI is InChI=1S/C14H16N2OS/c1-10-16-12(9-18-10)8-14(17)13-5-3-2-4-11(13)6-7-15/h2-5,9H,6-8,15H2,1H3. The molecule has 1 heterocycles. The Morgan fingerprint density at radius 3 is 2.83 bits per heavy atom. The van der Waals surface area contributed by atoms with Crippen molar-refractivity contribution in [3.63, 3.8) is 0 Å². The smallest absolute Gasteiger partial charge is 0.169 e. The summed E-state index contributed by atoms with van der Waals surface area (Å²) in [7, 11) is 0. The molecule has 4 heteroatoms. The summed E-state index contributed by atoms with van der Waals surface area (Å²) in [6, 6.07) is 7.66. The van der Waals surface area contributed by atoms with E-state index in [4.69, 9.17) is 5.73 Å². The summed E-state index contributed by atoms with van der Waals surface area (Å²) in [5, 5.41) is 2.94. The number of benzene rings is 1. The summed E-state index contributed by atoms with van der Waals surface area (Å²) in [5.41, 5.74) is 8.21. The Hall–Kier alpha value is -1.52. The van der Waals surface area contributed by atoms with Gasteiger partial charge in [0.1, 0.15) is 0 Å². The number of hydrogen-bond acceptors (Lipinski definition) is 4. The first kappa shape index (κ1) is 12.9. The Morgan fingerprint density at radius 2 is 2.17 bits per heavy atom. The van der Waals surface area contributed by atoms with E-state index in [1.54, 1.807) is 11.3 Å². The Morgan fingerprint density at radius 1 is 1.39 bits per heavy atom. The first-order valence-electron chi connectivity index (χ1n) is 5.93. The van der Waals surface area contributed by atoms with Gasteiger partial charge in [-0.15, -0.1) is 11.3 Å². The van der Waals surface area contributed by atoms with Crippen molar-refractivity contribution in [3.05, 3.63) is 51.5 Å². The Kier molecular flexibility index (Phi) is 4.23. The van der Waals surface area contributed by atoms with Crippen LogP contribution < -0.4 is 5.73 Å². The van der Waals surface area contributed by atoms with E-state index in [1.165, 1.54) is 0 Å². The summed E-state index contributed by atoms with van der Waals surface area (Å²) in [6.07, 6.45) is 1.10. The fraction of sp³-hybridized carbons (Fsp3) is 0.286. The molecule has 0 unspecified atom stereocenters. The maximum absolute atomic E-state index is 12.2. The molecule has 0 amide bonds. The Labute approximate surface area is 111 Å². The maximum atomic E-state index is 12.2. The van der Waals surface area contributed by atoms with E-state index in [9.17, 15) is 4.79 Å². The zero-order valence-corrected chi connectivity index (χ0v) is 11.2. The van der Waals surface area contributed by atoms with E-state index >= 15 is 0 Å². The molecule has 0 spiro atoms. The predicted octanol–water partition coefficient (Wildman–Crippen LogP) is 2.38. The molecule has 0 atom stereocenters. The number of hydrogen-bond donors (Lipinski definition) is 1. The third-order valence-corrected chi connectivity index (χ3v) is 3.56. The molecular weight excluding hydrogens is 244 g/mol. The monoisotopic (exact) mass is 260 g/mol. The Balaban J connectivity index is 2.18. The van der Waals surface area contributed by atoms with E-state index in [2.05, 4.69) is 4.98 Å². The fourth-order valence-electron chi connectivity index (χ4n) is 1.91. The quantitative estimate of drug-likeness (QED) is 0.840. The number of carbonyl (C=O) groups is 1. The molecule has 1 aromatic heterocycles. The molecule has 0 saturated carbocycles. The SMILES string of the molecule is Cc1nc(CC(=O)c2ccccc2CCN)cs1. The molecule has 2 rings (SSSR count). The molecule has 2 N–H and O–H groups in total. The van der Waals surface area contributed by atoms with E-state index in [-0.39, 0.29) is 5.78 Å². The number of aromatic nitrogens is 1. The first-order chi connectivity index (χ1) is 8.70. The highest BCUT2D eigenvalue weighted by Gasteiger charge is 2.12. The largest absolute Gasteiger partial charge is 0.330 e. The molecule has 0 aliphatic carbocycles. The zero-order valence-electron chi connectivity index (χ0n) is 10.3. The number of Topliss-reactive ketones (excluding diaryl/α,β-unsaturated/α-hetero) is 1.